The molecule has 1 atom stereocenters. The maximum Gasteiger partial charge on any atom is 0.126 e. The first-order chi connectivity index (χ1) is 9.54. The van der Waals surface area contributed by atoms with Crippen LogP contribution >= 0.6 is 54.8 Å². The predicted octanol–water partition coefficient (Wildman–Crippen LogP) is 5.14. The lowest BCUT2D eigenvalue weighted by molar-refractivity contribution is 0.181. The highest BCUT2D eigenvalue weighted by atomic mass is 79.9. The van der Waals surface area contributed by atoms with Gasteiger partial charge in [0, 0.05) is 27.2 Å². The van der Waals surface area contributed by atoms with Crippen molar-refractivity contribution in [1.29, 1.82) is 0 Å². The van der Waals surface area contributed by atoms with Gasteiger partial charge in [-0.1, -0.05) is 11.6 Å². The number of fused-ring (bicyclic) bond motifs is 1. The minimum absolute atomic E-state index is 0.502. The first-order valence-electron chi connectivity index (χ1n) is 6.11. The fourth-order valence-electron chi connectivity index (χ4n) is 2.33. The number of thiophene rings is 1. The Morgan fingerprint density at radius 2 is 2.15 bits per heavy atom. The highest BCUT2D eigenvalue weighted by Crippen LogP contribution is 2.39. The van der Waals surface area contributed by atoms with Crippen LogP contribution < -0.4 is 4.74 Å². The maximum absolute atomic E-state index is 10.4. The van der Waals surface area contributed by atoms with Gasteiger partial charge in [0.15, 0.2) is 0 Å². The van der Waals surface area contributed by atoms with Gasteiger partial charge in [0.2, 0.25) is 0 Å². The fraction of sp³-hybridized carbons (Fsp3) is 0.286. The third-order valence-electron chi connectivity index (χ3n) is 3.23. The minimum atomic E-state index is -0.561. The van der Waals surface area contributed by atoms with Crippen molar-refractivity contribution in [2.75, 3.05) is 6.61 Å². The Morgan fingerprint density at radius 1 is 1.35 bits per heavy atom. The number of hydrogen-bond acceptors (Lipinski definition) is 3. The first-order valence-corrected chi connectivity index (χ1v) is 8.89. The highest BCUT2D eigenvalue weighted by Gasteiger charge is 2.21. The zero-order chi connectivity index (χ0) is 14.3. The van der Waals surface area contributed by atoms with Gasteiger partial charge in [-0.3, -0.25) is 0 Å². The molecule has 3 rings (SSSR count). The molecule has 2 heterocycles. The number of rotatable bonds is 3. The molecule has 2 nitrogen and oxygen atoms in total. The van der Waals surface area contributed by atoms with Crippen LogP contribution in [0.3, 0.4) is 0 Å². The number of aliphatic hydroxyl groups is 1. The van der Waals surface area contributed by atoms with Crippen LogP contribution in [-0.4, -0.2) is 11.7 Å². The standard InChI is InChI=1S/C14H11Br2ClO2S/c15-10-6-12(20-14(10)16)11(18)5-8-4-9(17)3-7-1-2-19-13(7)8/h3-4,6,11,18H,1-2,5H2. The minimum Gasteiger partial charge on any atom is -0.493 e. The van der Waals surface area contributed by atoms with Gasteiger partial charge >= 0.3 is 0 Å². The first kappa shape index (κ1) is 14.9. The summed E-state index contributed by atoms with van der Waals surface area (Å²) in [5, 5.41) is 11.1. The third-order valence-corrected chi connectivity index (χ3v) is 6.81. The number of hydrogen-bond donors (Lipinski definition) is 1. The molecule has 1 aliphatic heterocycles. The molecular weight excluding hydrogens is 427 g/mol. The molecule has 0 saturated carbocycles. The van der Waals surface area contributed by atoms with E-state index in [0.29, 0.717) is 18.1 Å². The number of halogens is 3. The Balaban J connectivity index is 1.88. The molecule has 6 heteroatoms. The molecule has 0 bridgehead atoms. The van der Waals surface area contributed by atoms with Crippen molar-refractivity contribution in [2.24, 2.45) is 0 Å². The van der Waals surface area contributed by atoms with Gasteiger partial charge in [0.05, 0.1) is 16.5 Å². The molecule has 0 aliphatic carbocycles. The zero-order valence-electron chi connectivity index (χ0n) is 10.3. The SMILES string of the molecule is OC(Cc1cc(Cl)cc2c1OCC2)c1cc(Br)c(Br)s1. The summed E-state index contributed by atoms with van der Waals surface area (Å²) >= 11 is 14.5. The third kappa shape index (κ3) is 2.92. The lowest BCUT2D eigenvalue weighted by Crippen LogP contribution is -2.01. The quantitative estimate of drug-likeness (QED) is 0.719. The topological polar surface area (TPSA) is 29.5 Å². The van der Waals surface area contributed by atoms with Crippen molar-refractivity contribution in [3.63, 3.8) is 0 Å². The van der Waals surface area contributed by atoms with Crippen LogP contribution in [0.5, 0.6) is 5.75 Å². The molecule has 0 fully saturated rings. The van der Waals surface area contributed by atoms with Gasteiger partial charge in [0.1, 0.15) is 5.75 Å². The van der Waals surface area contributed by atoms with E-state index in [1.807, 2.05) is 18.2 Å². The Labute approximate surface area is 143 Å². The van der Waals surface area contributed by atoms with Crippen LogP contribution in [0.4, 0.5) is 0 Å². The second kappa shape index (κ2) is 5.97. The molecule has 0 spiro atoms. The van der Waals surface area contributed by atoms with E-state index in [9.17, 15) is 5.11 Å². The van der Waals surface area contributed by atoms with Gasteiger partial charge in [-0.25, -0.2) is 0 Å². The molecule has 2 aromatic rings. The summed E-state index contributed by atoms with van der Waals surface area (Å²) in [6, 6.07) is 5.76. The monoisotopic (exact) mass is 436 g/mol. The van der Waals surface area contributed by atoms with Crippen molar-refractivity contribution in [3.05, 3.63) is 47.5 Å². The van der Waals surface area contributed by atoms with E-state index in [-0.39, 0.29) is 0 Å². The Morgan fingerprint density at radius 3 is 2.85 bits per heavy atom. The van der Waals surface area contributed by atoms with Gasteiger partial charge in [-0.2, -0.15) is 0 Å². The summed E-state index contributed by atoms with van der Waals surface area (Å²) in [7, 11) is 0. The average molecular weight is 439 g/mol. The molecule has 0 saturated heterocycles. The molecule has 0 radical (unpaired) electrons. The van der Waals surface area contributed by atoms with Crippen molar-refractivity contribution in [2.45, 2.75) is 18.9 Å². The zero-order valence-corrected chi connectivity index (χ0v) is 15.1. The number of ether oxygens (including phenoxy) is 1. The van der Waals surface area contributed by atoms with Crippen LogP contribution in [0, 0.1) is 0 Å². The molecule has 1 aliphatic rings. The summed E-state index contributed by atoms with van der Waals surface area (Å²) in [4.78, 5) is 0.912. The maximum atomic E-state index is 10.4. The van der Waals surface area contributed by atoms with Gasteiger partial charge < -0.3 is 9.84 Å². The van der Waals surface area contributed by atoms with E-state index in [1.165, 1.54) is 11.3 Å². The molecule has 1 N–H and O–H groups in total. The summed E-state index contributed by atoms with van der Waals surface area (Å²) in [6.45, 7) is 0.689. The molecule has 106 valence electrons. The number of benzene rings is 1. The van der Waals surface area contributed by atoms with Crippen molar-refractivity contribution in [1.82, 2.24) is 0 Å². The van der Waals surface area contributed by atoms with Crippen molar-refractivity contribution >= 4 is 54.8 Å². The second-order valence-electron chi connectivity index (χ2n) is 4.64. The average Bonchev–Trinajstić information content (AvgIpc) is 2.97. The Kier molecular flexibility index (Phi) is 4.43. The van der Waals surface area contributed by atoms with Crippen molar-refractivity contribution in [3.8, 4) is 5.75 Å². The smallest absolute Gasteiger partial charge is 0.126 e. The van der Waals surface area contributed by atoms with Gasteiger partial charge in [-0.15, -0.1) is 11.3 Å². The van der Waals surface area contributed by atoms with E-state index in [4.69, 9.17) is 16.3 Å². The summed E-state index contributed by atoms with van der Waals surface area (Å²) in [6.07, 6.45) is 0.826. The molecular formula is C14H11Br2ClO2S. The predicted molar refractivity (Wildman–Crippen MR) is 89.0 cm³/mol. The van der Waals surface area contributed by atoms with Crippen LogP contribution in [0.15, 0.2) is 26.5 Å². The van der Waals surface area contributed by atoms with Gasteiger partial charge in [0.25, 0.3) is 0 Å². The van der Waals surface area contributed by atoms with Crippen LogP contribution in [0.1, 0.15) is 22.1 Å². The fourth-order valence-corrected chi connectivity index (χ4v) is 4.67. The van der Waals surface area contributed by atoms with Crippen LogP contribution in [0.2, 0.25) is 5.02 Å². The van der Waals surface area contributed by atoms with E-state index < -0.39 is 6.10 Å². The second-order valence-corrected chi connectivity index (χ2v) is 8.33. The number of aliphatic hydroxyl groups excluding tert-OH is 1. The van der Waals surface area contributed by atoms with Gasteiger partial charge in [-0.05, 0) is 61.2 Å². The molecule has 1 aromatic carbocycles. The van der Waals surface area contributed by atoms with E-state index >= 15 is 0 Å². The Hall–Kier alpha value is -0.0700. The largest absolute Gasteiger partial charge is 0.493 e. The molecule has 1 aromatic heterocycles. The van der Waals surface area contributed by atoms with E-state index in [2.05, 4.69) is 31.9 Å². The summed E-state index contributed by atoms with van der Waals surface area (Å²) < 4.78 is 7.61. The Bertz CT molecular complexity index is 637. The molecule has 20 heavy (non-hydrogen) atoms. The normalized spacial score (nSPS) is 15.0. The summed E-state index contributed by atoms with van der Waals surface area (Å²) in [5.41, 5.74) is 2.10. The van der Waals surface area contributed by atoms with Crippen LogP contribution in [0.25, 0.3) is 0 Å². The van der Waals surface area contributed by atoms with E-state index in [1.54, 1.807) is 0 Å². The van der Waals surface area contributed by atoms with Crippen LogP contribution in [-0.2, 0) is 12.8 Å². The lowest BCUT2D eigenvalue weighted by atomic mass is 10.0. The van der Waals surface area contributed by atoms with E-state index in [0.717, 1.165) is 36.4 Å². The molecule has 1 unspecified atom stereocenters. The molecule has 0 amide bonds. The van der Waals surface area contributed by atoms with Crippen molar-refractivity contribution < 1.29 is 9.84 Å². The summed E-state index contributed by atoms with van der Waals surface area (Å²) in [5.74, 6) is 0.892. The lowest BCUT2D eigenvalue weighted by Gasteiger charge is -2.12. The highest BCUT2D eigenvalue weighted by molar-refractivity contribution is 9.13.